The maximum atomic E-state index is 8.19. The smallest absolute Gasteiger partial charge is 0.139 e. The molecule has 1 aliphatic heterocycles. The molecule has 1 rings (SSSR count). The molecule has 0 N–H and O–H groups in total. The Morgan fingerprint density at radius 2 is 2.54 bits per heavy atom. The molecule has 0 aromatic carbocycles. The maximum Gasteiger partial charge on any atom is 0.139 e. The highest BCUT2D eigenvalue weighted by molar-refractivity contribution is 6.11. The minimum atomic E-state index is 0.0884. The van der Waals surface area contributed by atoms with Gasteiger partial charge in [0.1, 0.15) is 7.85 Å². The van der Waals surface area contributed by atoms with Crippen LogP contribution >= 0.6 is 0 Å². The molecule has 3 atom stereocenters. The van der Waals surface area contributed by atoms with E-state index >= 15 is 0 Å². The lowest BCUT2D eigenvalue weighted by Crippen LogP contribution is -2.23. The Morgan fingerprint density at radius 3 is 3.15 bits per heavy atom. The molecular formula is C7H14BN3O2. The summed E-state index contributed by atoms with van der Waals surface area (Å²) in [4.78, 5) is 2.75. The van der Waals surface area contributed by atoms with Crippen LogP contribution in [0.25, 0.3) is 10.4 Å². The normalized spacial score (nSPS) is 32.8. The first kappa shape index (κ1) is 10.4. The lowest BCUT2D eigenvalue weighted by Gasteiger charge is -2.15. The monoisotopic (exact) mass is 183 g/mol. The van der Waals surface area contributed by atoms with Crippen LogP contribution in [0.5, 0.6) is 0 Å². The number of rotatable bonds is 4. The number of hydrogen-bond acceptors (Lipinski definition) is 3. The molecular weight excluding hydrogens is 169 g/mol. The Morgan fingerprint density at radius 1 is 1.77 bits per heavy atom. The van der Waals surface area contributed by atoms with Crippen LogP contribution in [0.3, 0.4) is 0 Å². The van der Waals surface area contributed by atoms with Gasteiger partial charge in [0.25, 0.3) is 0 Å². The summed E-state index contributed by atoms with van der Waals surface area (Å²) >= 11 is 0. The molecule has 1 fully saturated rings. The fraction of sp³-hybridized carbons (Fsp3) is 1.00. The summed E-state index contributed by atoms with van der Waals surface area (Å²) < 4.78 is 10.6. The Kier molecular flexibility index (Phi) is 4.08. The van der Waals surface area contributed by atoms with E-state index in [0.717, 1.165) is 6.42 Å². The molecule has 72 valence electrons. The lowest BCUT2D eigenvalue weighted by molar-refractivity contribution is 0.0108. The van der Waals surface area contributed by atoms with Gasteiger partial charge in [0.15, 0.2) is 0 Å². The van der Waals surface area contributed by atoms with E-state index < -0.39 is 0 Å². The molecule has 0 aliphatic carbocycles. The van der Waals surface area contributed by atoms with Gasteiger partial charge in [-0.05, 0) is 17.9 Å². The summed E-state index contributed by atoms with van der Waals surface area (Å²) in [7, 11) is 3.68. The van der Waals surface area contributed by atoms with Gasteiger partial charge in [-0.25, -0.2) is 0 Å². The van der Waals surface area contributed by atoms with Crippen molar-refractivity contribution in [1.82, 2.24) is 0 Å². The molecule has 1 unspecified atom stereocenters. The van der Waals surface area contributed by atoms with Gasteiger partial charge in [-0.1, -0.05) is 5.11 Å². The zero-order valence-corrected chi connectivity index (χ0v) is 8.01. The van der Waals surface area contributed by atoms with Crippen molar-refractivity contribution in [1.29, 1.82) is 0 Å². The number of nitrogens with zero attached hydrogens (tertiary/aromatic N) is 3. The van der Waals surface area contributed by atoms with Gasteiger partial charge >= 0.3 is 0 Å². The SMILES string of the molecule is B[C@H]1CC(CN=[N+]=[N-])[C@@H](COC)O1. The topological polar surface area (TPSA) is 67.2 Å². The first-order chi connectivity index (χ1) is 6.27. The second-order valence-electron chi connectivity index (χ2n) is 3.35. The van der Waals surface area contributed by atoms with Gasteiger partial charge in [0, 0.05) is 24.6 Å². The van der Waals surface area contributed by atoms with Crippen molar-refractivity contribution in [2.24, 2.45) is 11.0 Å². The molecule has 1 saturated heterocycles. The van der Waals surface area contributed by atoms with E-state index in [1.807, 2.05) is 7.85 Å². The van der Waals surface area contributed by atoms with E-state index in [4.69, 9.17) is 15.0 Å². The summed E-state index contributed by atoms with van der Waals surface area (Å²) in [5, 5.41) is 3.57. The van der Waals surface area contributed by atoms with E-state index in [0.29, 0.717) is 19.1 Å². The molecule has 0 aromatic rings. The molecule has 0 aromatic heterocycles. The van der Waals surface area contributed by atoms with Gasteiger partial charge in [0.2, 0.25) is 0 Å². The van der Waals surface area contributed by atoms with Crippen LogP contribution in [0.2, 0.25) is 0 Å². The molecule has 0 bridgehead atoms. The van der Waals surface area contributed by atoms with E-state index in [-0.39, 0.29) is 12.1 Å². The second-order valence-corrected chi connectivity index (χ2v) is 3.35. The van der Waals surface area contributed by atoms with E-state index in [9.17, 15) is 0 Å². The van der Waals surface area contributed by atoms with Crippen molar-refractivity contribution in [2.75, 3.05) is 20.3 Å². The number of hydrogen-bond donors (Lipinski definition) is 0. The summed E-state index contributed by atoms with van der Waals surface area (Å²) in [5.74, 6) is 0.311. The lowest BCUT2D eigenvalue weighted by atomic mass is 9.91. The summed E-state index contributed by atoms with van der Waals surface area (Å²) in [6, 6.07) is 0.249. The number of ether oxygens (including phenoxy) is 2. The fourth-order valence-electron chi connectivity index (χ4n) is 1.72. The average Bonchev–Trinajstić information content (AvgIpc) is 2.44. The van der Waals surface area contributed by atoms with Gasteiger partial charge < -0.3 is 9.47 Å². The van der Waals surface area contributed by atoms with Crippen LogP contribution in [0.15, 0.2) is 5.11 Å². The molecule has 6 heteroatoms. The van der Waals surface area contributed by atoms with Gasteiger partial charge in [-0.3, -0.25) is 0 Å². The Hall–Kier alpha value is -0.705. The molecule has 0 saturated carbocycles. The van der Waals surface area contributed by atoms with Gasteiger partial charge in [0.05, 0.1) is 12.7 Å². The number of methoxy groups -OCH3 is 1. The Labute approximate surface area is 78.4 Å². The first-order valence-electron chi connectivity index (χ1n) is 4.43. The van der Waals surface area contributed by atoms with Crippen LogP contribution in [-0.4, -0.2) is 40.2 Å². The number of azide groups is 1. The van der Waals surface area contributed by atoms with Crippen LogP contribution < -0.4 is 0 Å². The predicted molar refractivity (Wildman–Crippen MR) is 51.2 cm³/mol. The van der Waals surface area contributed by atoms with E-state index in [1.54, 1.807) is 7.11 Å². The molecule has 0 radical (unpaired) electrons. The zero-order chi connectivity index (χ0) is 9.68. The fourth-order valence-corrected chi connectivity index (χ4v) is 1.72. The molecule has 1 aliphatic rings. The Balaban J connectivity index is 2.44. The maximum absolute atomic E-state index is 8.19. The van der Waals surface area contributed by atoms with Gasteiger partial charge in [-0.15, -0.1) is 0 Å². The van der Waals surface area contributed by atoms with Crippen molar-refractivity contribution in [3.8, 4) is 0 Å². The van der Waals surface area contributed by atoms with Crippen molar-refractivity contribution < 1.29 is 9.47 Å². The zero-order valence-electron chi connectivity index (χ0n) is 8.01. The van der Waals surface area contributed by atoms with Crippen molar-refractivity contribution in [2.45, 2.75) is 18.5 Å². The van der Waals surface area contributed by atoms with Crippen molar-refractivity contribution in [3.63, 3.8) is 0 Å². The quantitative estimate of drug-likeness (QED) is 0.272. The van der Waals surface area contributed by atoms with E-state index in [1.165, 1.54) is 0 Å². The Bertz CT molecular complexity index is 208. The molecule has 0 amide bonds. The van der Waals surface area contributed by atoms with Crippen LogP contribution in [0.1, 0.15) is 6.42 Å². The minimum Gasteiger partial charge on any atom is -0.382 e. The average molecular weight is 183 g/mol. The molecule has 5 nitrogen and oxygen atoms in total. The largest absolute Gasteiger partial charge is 0.382 e. The van der Waals surface area contributed by atoms with E-state index in [2.05, 4.69) is 10.0 Å². The van der Waals surface area contributed by atoms with Crippen LogP contribution in [-0.2, 0) is 9.47 Å². The predicted octanol–water partition coefficient (Wildman–Crippen LogP) is 0.307. The van der Waals surface area contributed by atoms with Crippen molar-refractivity contribution in [3.05, 3.63) is 10.4 Å². The second kappa shape index (κ2) is 5.12. The standard InChI is InChI=1S/C7H14BN3O2/c1-12-4-6-5(3-10-11-9)2-7(8)13-6/h5-7H,2-4,8H2,1H3/t5?,6-,7-/m1/s1. The molecule has 13 heavy (non-hydrogen) atoms. The first-order valence-corrected chi connectivity index (χ1v) is 4.43. The minimum absolute atomic E-state index is 0.0884. The highest BCUT2D eigenvalue weighted by Gasteiger charge is 2.31. The third-order valence-electron chi connectivity index (χ3n) is 2.28. The third-order valence-corrected chi connectivity index (χ3v) is 2.28. The molecule has 0 spiro atoms. The highest BCUT2D eigenvalue weighted by Crippen LogP contribution is 2.25. The molecule has 1 heterocycles. The third kappa shape index (κ3) is 2.92. The summed E-state index contributed by atoms with van der Waals surface area (Å²) in [6.45, 7) is 1.09. The summed E-state index contributed by atoms with van der Waals surface area (Å²) in [5.41, 5.74) is 8.19. The van der Waals surface area contributed by atoms with Crippen LogP contribution in [0.4, 0.5) is 0 Å². The van der Waals surface area contributed by atoms with Crippen molar-refractivity contribution >= 4 is 7.85 Å². The van der Waals surface area contributed by atoms with Crippen LogP contribution in [0, 0.1) is 5.92 Å². The highest BCUT2D eigenvalue weighted by atomic mass is 16.5. The summed E-state index contributed by atoms with van der Waals surface area (Å²) in [6.07, 6.45) is 1.04. The van der Waals surface area contributed by atoms with Gasteiger partial charge in [-0.2, -0.15) is 0 Å².